The molecule has 1 amide bonds. The van der Waals surface area contributed by atoms with E-state index in [1.54, 1.807) is 0 Å². The van der Waals surface area contributed by atoms with Crippen molar-refractivity contribution in [2.45, 2.75) is 38.6 Å². The van der Waals surface area contributed by atoms with E-state index in [0.717, 1.165) is 47.7 Å². The molecule has 0 radical (unpaired) electrons. The van der Waals surface area contributed by atoms with Crippen LogP contribution >= 0.6 is 11.8 Å². The Hall–Kier alpha value is -2.01. The number of anilines is 1. The van der Waals surface area contributed by atoms with Crippen LogP contribution in [0.15, 0.2) is 41.4 Å². The third-order valence-electron chi connectivity index (χ3n) is 5.10. The first-order valence-electron chi connectivity index (χ1n) is 9.06. The van der Waals surface area contributed by atoms with Gasteiger partial charge >= 0.3 is 0 Å². The smallest absolute Gasteiger partial charge is 0.233 e. The fourth-order valence-corrected chi connectivity index (χ4v) is 4.58. The van der Waals surface area contributed by atoms with Crippen molar-refractivity contribution >= 4 is 45.0 Å². The van der Waals surface area contributed by atoms with Crippen molar-refractivity contribution in [3.8, 4) is 0 Å². The van der Waals surface area contributed by atoms with Crippen LogP contribution in [0.5, 0.6) is 0 Å². The van der Waals surface area contributed by atoms with Crippen LogP contribution in [0.2, 0.25) is 0 Å². The number of benzene rings is 2. The zero-order chi connectivity index (χ0) is 17.2. The largest absolute Gasteiger partial charge is 0.339 e. The maximum atomic E-state index is 12.7. The molecule has 0 bridgehead atoms. The molecule has 1 saturated heterocycles. The van der Waals surface area contributed by atoms with Gasteiger partial charge in [-0.2, -0.15) is 0 Å². The number of hydrogen-bond acceptors (Lipinski definition) is 4. The highest BCUT2D eigenvalue weighted by Crippen LogP contribution is 2.37. The van der Waals surface area contributed by atoms with Crippen LogP contribution in [0.25, 0.3) is 10.8 Å². The average Bonchev–Trinajstić information content (AvgIpc) is 2.66. The average molecular weight is 353 g/mol. The summed E-state index contributed by atoms with van der Waals surface area (Å²) in [6, 6.07) is 12.8. The van der Waals surface area contributed by atoms with Gasteiger partial charge < -0.3 is 10.2 Å². The van der Waals surface area contributed by atoms with Crippen molar-refractivity contribution in [2.75, 3.05) is 17.6 Å². The molecule has 5 heteroatoms. The van der Waals surface area contributed by atoms with Crippen LogP contribution in [0.4, 0.5) is 11.4 Å². The first kappa shape index (κ1) is 16.5. The Labute approximate surface area is 152 Å². The summed E-state index contributed by atoms with van der Waals surface area (Å²) in [6.07, 6.45) is 4.55. The van der Waals surface area contributed by atoms with Crippen molar-refractivity contribution in [3.05, 3.63) is 36.4 Å². The quantitative estimate of drug-likeness (QED) is 0.864. The third-order valence-corrected chi connectivity index (χ3v) is 5.96. The summed E-state index contributed by atoms with van der Waals surface area (Å²) in [7, 11) is 0. The molecule has 130 valence electrons. The summed E-state index contributed by atoms with van der Waals surface area (Å²) in [5.41, 5.74) is 2.05. The Morgan fingerprint density at radius 1 is 1.28 bits per heavy atom. The van der Waals surface area contributed by atoms with E-state index in [1.165, 1.54) is 23.6 Å². The summed E-state index contributed by atoms with van der Waals surface area (Å²) in [5, 5.41) is 6.54. The van der Waals surface area contributed by atoms with Crippen LogP contribution in [-0.4, -0.2) is 34.3 Å². The second kappa shape index (κ2) is 7.08. The maximum absolute atomic E-state index is 12.7. The van der Waals surface area contributed by atoms with Crippen molar-refractivity contribution in [3.63, 3.8) is 0 Å². The highest BCUT2D eigenvalue weighted by atomic mass is 32.2. The molecule has 4 nitrogen and oxygen atoms in total. The van der Waals surface area contributed by atoms with Crippen molar-refractivity contribution in [1.29, 1.82) is 0 Å². The third kappa shape index (κ3) is 3.25. The number of thioether (sulfide) groups is 1. The Kier molecular flexibility index (Phi) is 4.66. The maximum Gasteiger partial charge on any atom is 0.233 e. The zero-order valence-electron chi connectivity index (χ0n) is 14.5. The molecule has 25 heavy (non-hydrogen) atoms. The molecule has 0 aromatic heterocycles. The van der Waals surface area contributed by atoms with Gasteiger partial charge in [-0.3, -0.25) is 4.79 Å². The zero-order valence-corrected chi connectivity index (χ0v) is 15.3. The van der Waals surface area contributed by atoms with E-state index in [1.807, 2.05) is 18.2 Å². The lowest BCUT2D eigenvalue weighted by atomic mass is 10.0. The lowest BCUT2D eigenvalue weighted by Gasteiger charge is -2.35. The molecule has 2 aliphatic heterocycles. The fourth-order valence-electron chi connectivity index (χ4n) is 3.81. The highest BCUT2D eigenvalue weighted by Gasteiger charge is 2.25. The molecule has 0 spiro atoms. The molecule has 2 aromatic rings. The molecular formula is C20H23N3OS. The van der Waals surface area contributed by atoms with Gasteiger partial charge in [0.1, 0.15) is 0 Å². The number of carbonyl (C=O) groups excluding carboxylic acids is 1. The van der Waals surface area contributed by atoms with Gasteiger partial charge in [-0.15, -0.1) is 0 Å². The Balaban J connectivity index is 1.48. The molecule has 1 fully saturated rings. The van der Waals surface area contributed by atoms with Gasteiger partial charge in [0.15, 0.2) is 5.17 Å². The number of nitrogens with zero attached hydrogens (tertiary/aromatic N) is 2. The number of rotatable bonds is 3. The van der Waals surface area contributed by atoms with Crippen LogP contribution < -0.4 is 5.32 Å². The van der Waals surface area contributed by atoms with Crippen molar-refractivity contribution in [2.24, 2.45) is 4.99 Å². The van der Waals surface area contributed by atoms with Crippen molar-refractivity contribution < 1.29 is 4.79 Å². The van der Waals surface area contributed by atoms with Gasteiger partial charge in [0.05, 0.1) is 17.1 Å². The molecule has 0 unspecified atom stereocenters. The monoisotopic (exact) mass is 353 g/mol. The molecular weight excluding hydrogens is 330 g/mol. The number of amides is 1. The Morgan fingerprint density at radius 3 is 2.96 bits per heavy atom. The predicted molar refractivity (Wildman–Crippen MR) is 107 cm³/mol. The van der Waals surface area contributed by atoms with E-state index >= 15 is 0 Å². The molecule has 0 saturated carbocycles. The number of carbonyl (C=O) groups is 1. The fraction of sp³-hybridized carbons (Fsp3) is 0.400. The van der Waals surface area contributed by atoms with Crippen LogP contribution in [0.3, 0.4) is 0 Å². The molecule has 0 aliphatic carbocycles. The first-order valence-corrected chi connectivity index (χ1v) is 10.0. The number of nitrogens with one attached hydrogen (secondary N) is 1. The second-order valence-corrected chi connectivity index (χ2v) is 7.62. The van der Waals surface area contributed by atoms with E-state index in [9.17, 15) is 4.79 Å². The SMILES string of the molecule is CC[C@H]1CCCCN1C(=O)CSC1=Nc2cccc3cccc(c23)N1. The minimum Gasteiger partial charge on any atom is -0.339 e. The Morgan fingerprint density at radius 2 is 2.12 bits per heavy atom. The van der Waals surface area contributed by atoms with E-state index in [-0.39, 0.29) is 5.91 Å². The van der Waals surface area contributed by atoms with Gasteiger partial charge in [0.25, 0.3) is 0 Å². The van der Waals surface area contributed by atoms with E-state index in [4.69, 9.17) is 4.99 Å². The minimum atomic E-state index is 0.234. The second-order valence-electron chi connectivity index (χ2n) is 6.66. The van der Waals surface area contributed by atoms with Gasteiger partial charge in [-0.25, -0.2) is 4.99 Å². The number of aliphatic imine (C=N–C) groups is 1. The van der Waals surface area contributed by atoms with Gasteiger partial charge in [0.2, 0.25) is 5.91 Å². The predicted octanol–water partition coefficient (Wildman–Crippen LogP) is 4.78. The lowest BCUT2D eigenvalue weighted by molar-refractivity contribution is -0.132. The summed E-state index contributed by atoms with van der Waals surface area (Å²) >= 11 is 1.51. The highest BCUT2D eigenvalue weighted by molar-refractivity contribution is 8.14. The van der Waals surface area contributed by atoms with E-state index in [0.29, 0.717) is 11.8 Å². The molecule has 2 aromatic carbocycles. The number of amidine groups is 1. The topological polar surface area (TPSA) is 44.7 Å². The summed E-state index contributed by atoms with van der Waals surface area (Å²) in [5.74, 6) is 0.679. The number of likely N-dealkylation sites (tertiary alicyclic amines) is 1. The number of hydrogen-bond donors (Lipinski definition) is 1. The molecule has 1 atom stereocenters. The van der Waals surface area contributed by atoms with Gasteiger partial charge in [-0.1, -0.05) is 43.0 Å². The Bertz CT molecular complexity index is 828. The van der Waals surface area contributed by atoms with E-state index < -0.39 is 0 Å². The lowest BCUT2D eigenvalue weighted by Crippen LogP contribution is -2.44. The summed E-state index contributed by atoms with van der Waals surface area (Å²) in [4.78, 5) is 19.5. The summed E-state index contributed by atoms with van der Waals surface area (Å²) in [6.45, 7) is 3.08. The minimum absolute atomic E-state index is 0.234. The molecule has 1 N–H and O–H groups in total. The van der Waals surface area contributed by atoms with Gasteiger partial charge in [-0.05, 0) is 43.2 Å². The first-order chi connectivity index (χ1) is 12.3. The van der Waals surface area contributed by atoms with Crippen LogP contribution in [0.1, 0.15) is 32.6 Å². The molecule has 2 aliphatic rings. The van der Waals surface area contributed by atoms with Crippen molar-refractivity contribution in [1.82, 2.24) is 4.90 Å². The summed E-state index contributed by atoms with van der Waals surface area (Å²) < 4.78 is 0. The molecule has 2 heterocycles. The van der Waals surface area contributed by atoms with Gasteiger partial charge in [0, 0.05) is 18.0 Å². The normalized spacial score (nSPS) is 19.5. The number of piperidine rings is 1. The van der Waals surface area contributed by atoms with E-state index in [2.05, 4.69) is 35.3 Å². The standard InChI is InChI=1S/C20H23N3OS/c1-2-15-9-3-4-12-23(15)18(24)13-25-20-21-16-10-5-7-14-8-6-11-17(22-20)19(14)16/h5-8,10-11,15H,2-4,9,12-13H2,1H3,(H,21,22)/t15-/m0/s1. The molecule has 4 rings (SSSR count). The van der Waals surface area contributed by atoms with Crippen LogP contribution in [-0.2, 0) is 4.79 Å². The van der Waals surface area contributed by atoms with Crippen LogP contribution in [0, 0.1) is 0 Å².